The van der Waals surface area contributed by atoms with Crippen LogP contribution in [0.2, 0.25) is 0 Å². The number of carbonyl (C=O) groups is 1. The van der Waals surface area contributed by atoms with Gasteiger partial charge in [0.2, 0.25) is 5.90 Å². The Labute approximate surface area is 118 Å². The van der Waals surface area contributed by atoms with Crippen molar-refractivity contribution in [3.05, 3.63) is 84.4 Å². The first-order valence-corrected chi connectivity index (χ1v) is 6.28. The van der Waals surface area contributed by atoms with Gasteiger partial charge in [0.25, 0.3) is 5.91 Å². The molecule has 0 aliphatic heterocycles. The summed E-state index contributed by atoms with van der Waals surface area (Å²) in [5, 5.41) is 0. The standard InChI is InChI=1S/C17H15NO2/c1-2-13-20-17(15-11-7-4-8-12-15)18-16(19)14-9-5-3-6-10-14/h2-12H,1,13H2. The van der Waals surface area contributed by atoms with E-state index in [0.717, 1.165) is 5.56 Å². The van der Waals surface area contributed by atoms with Crippen molar-refractivity contribution in [1.82, 2.24) is 0 Å². The first-order valence-electron chi connectivity index (χ1n) is 6.28. The van der Waals surface area contributed by atoms with E-state index in [1.807, 2.05) is 36.4 Å². The maximum atomic E-state index is 12.1. The van der Waals surface area contributed by atoms with Crippen molar-refractivity contribution in [2.75, 3.05) is 6.61 Å². The topological polar surface area (TPSA) is 38.7 Å². The van der Waals surface area contributed by atoms with Crippen LogP contribution < -0.4 is 0 Å². The van der Waals surface area contributed by atoms with Crippen LogP contribution in [0.25, 0.3) is 0 Å². The molecule has 1 amide bonds. The van der Waals surface area contributed by atoms with E-state index in [2.05, 4.69) is 11.6 Å². The molecule has 2 aromatic rings. The van der Waals surface area contributed by atoms with Gasteiger partial charge in [-0.15, -0.1) is 0 Å². The summed E-state index contributed by atoms with van der Waals surface area (Å²) in [4.78, 5) is 16.2. The second-order valence-corrected chi connectivity index (χ2v) is 4.05. The summed E-state index contributed by atoms with van der Waals surface area (Å²) in [6.07, 6.45) is 1.62. The fourth-order valence-electron chi connectivity index (χ4n) is 1.64. The number of ether oxygens (including phenoxy) is 1. The highest BCUT2D eigenvalue weighted by molar-refractivity contribution is 6.07. The predicted molar refractivity (Wildman–Crippen MR) is 79.9 cm³/mol. The molecule has 0 N–H and O–H groups in total. The Balaban J connectivity index is 2.29. The number of hydrogen-bond donors (Lipinski definition) is 0. The van der Waals surface area contributed by atoms with Gasteiger partial charge < -0.3 is 4.74 Å². The monoisotopic (exact) mass is 265 g/mol. The molecular weight excluding hydrogens is 250 g/mol. The zero-order valence-electron chi connectivity index (χ0n) is 11.0. The number of aliphatic imine (C=N–C) groups is 1. The molecule has 0 fully saturated rings. The van der Waals surface area contributed by atoms with Crippen LogP contribution >= 0.6 is 0 Å². The molecule has 0 aliphatic rings. The fourth-order valence-corrected chi connectivity index (χ4v) is 1.64. The van der Waals surface area contributed by atoms with E-state index in [0.29, 0.717) is 18.1 Å². The van der Waals surface area contributed by atoms with Crippen molar-refractivity contribution in [1.29, 1.82) is 0 Å². The lowest BCUT2D eigenvalue weighted by molar-refractivity contribution is 0.0999. The number of nitrogens with zero attached hydrogens (tertiary/aromatic N) is 1. The minimum atomic E-state index is -0.325. The SMILES string of the molecule is C=CCOC(=NC(=O)c1ccccc1)c1ccccc1. The lowest BCUT2D eigenvalue weighted by Crippen LogP contribution is -2.10. The van der Waals surface area contributed by atoms with Crippen molar-refractivity contribution in [3.8, 4) is 0 Å². The zero-order valence-corrected chi connectivity index (χ0v) is 11.0. The third-order valence-corrected chi connectivity index (χ3v) is 2.58. The summed E-state index contributed by atoms with van der Waals surface area (Å²) in [7, 11) is 0. The van der Waals surface area contributed by atoms with Crippen LogP contribution in [0.3, 0.4) is 0 Å². The van der Waals surface area contributed by atoms with Crippen molar-refractivity contribution in [2.24, 2.45) is 4.99 Å². The van der Waals surface area contributed by atoms with Gasteiger partial charge in [0.05, 0.1) is 0 Å². The summed E-state index contributed by atoms with van der Waals surface area (Å²) in [6, 6.07) is 18.2. The molecule has 0 heterocycles. The molecule has 20 heavy (non-hydrogen) atoms. The molecular formula is C17H15NO2. The Morgan fingerprint density at radius 3 is 2.10 bits per heavy atom. The van der Waals surface area contributed by atoms with Gasteiger partial charge in [-0.05, 0) is 24.3 Å². The second-order valence-electron chi connectivity index (χ2n) is 4.05. The first-order chi connectivity index (χ1) is 9.81. The average molecular weight is 265 g/mol. The van der Waals surface area contributed by atoms with E-state index in [1.165, 1.54) is 0 Å². The van der Waals surface area contributed by atoms with E-state index in [-0.39, 0.29) is 5.91 Å². The van der Waals surface area contributed by atoms with E-state index in [4.69, 9.17) is 4.74 Å². The summed E-state index contributed by atoms with van der Waals surface area (Å²) in [5.41, 5.74) is 1.29. The highest BCUT2D eigenvalue weighted by Crippen LogP contribution is 2.07. The average Bonchev–Trinajstić information content (AvgIpc) is 2.53. The Kier molecular flexibility index (Phi) is 4.84. The van der Waals surface area contributed by atoms with Gasteiger partial charge in [0.1, 0.15) is 6.61 Å². The van der Waals surface area contributed by atoms with E-state index >= 15 is 0 Å². The van der Waals surface area contributed by atoms with Gasteiger partial charge in [0, 0.05) is 11.1 Å². The van der Waals surface area contributed by atoms with Crippen LogP contribution in [0, 0.1) is 0 Å². The molecule has 0 bridgehead atoms. The van der Waals surface area contributed by atoms with Crippen molar-refractivity contribution in [2.45, 2.75) is 0 Å². The summed E-state index contributed by atoms with van der Waals surface area (Å²) in [6.45, 7) is 3.90. The predicted octanol–water partition coefficient (Wildman–Crippen LogP) is 3.48. The minimum absolute atomic E-state index is 0.301. The molecule has 100 valence electrons. The number of hydrogen-bond acceptors (Lipinski definition) is 2. The Bertz CT molecular complexity index is 603. The molecule has 0 aliphatic carbocycles. The number of carbonyl (C=O) groups excluding carboxylic acids is 1. The largest absolute Gasteiger partial charge is 0.473 e. The third-order valence-electron chi connectivity index (χ3n) is 2.58. The summed E-state index contributed by atoms with van der Waals surface area (Å²) >= 11 is 0. The number of benzene rings is 2. The molecule has 0 radical (unpaired) electrons. The van der Waals surface area contributed by atoms with Gasteiger partial charge in [-0.1, -0.05) is 49.1 Å². The Hall–Kier alpha value is -2.68. The molecule has 2 rings (SSSR count). The Morgan fingerprint density at radius 2 is 1.55 bits per heavy atom. The van der Waals surface area contributed by atoms with E-state index < -0.39 is 0 Å². The van der Waals surface area contributed by atoms with Crippen molar-refractivity contribution < 1.29 is 9.53 Å². The lowest BCUT2D eigenvalue weighted by atomic mass is 10.2. The van der Waals surface area contributed by atoms with Gasteiger partial charge in [0.15, 0.2) is 0 Å². The minimum Gasteiger partial charge on any atom is -0.473 e. The molecule has 2 aromatic carbocycles. The van der Waals surface area contributed by atoms with Crippen molar-refractivity contribution in [3.63, 3.8) is 0 Å². The maximum absolute atomic E-state index is 12.1. The molecule has 0 unspecified atom stereocenters. The van der Waals surface area contributed by atoms with Gasteiger partial charge in [-0.2, -0.15) is 4.99 Å². The maximum Gasteiger partial charge on any atom is 0.280 e. The van der Waals surface area contributed by atoms with Crippen LogP contribution in [-0.4, -0.2) is 18.4 Å². The van der Waals surface area contributed by atoms with Gasteiger partial charge >= 0.3 is 0 Å². The molecule has 0 saturated heterocycles. The summed E-state index contributed by atoms with van der Waals surface area (Å²) in [5.74, 6) is -0.0205. The highest BCUT2D eigenvalue weighted by Gasteiger charge is 2.09. The summed E-state index contributed by atoms with van der Waals surface area (Å²) < 4.78 is 5.48. The molecule has 3 nitrogen and oxygen atoms in total. The van der Waals surface area contributed by atoms with Crippen molar-refractivity contribution >= 4 is 11.8 Å². The van der Waals surface area contributed by atoms with Gasteiger partial charge in [-0.25, -0.2) is 0 Å². The van der Waals surface area contributed by atoms with Crippen LogP contribution in [0.1, 0.15) is 15.9 Å². The van der Waals surface area contributed by atoms with Gasteiger partial charge in [-0.3, -0.25) is 4.79 Å². The smallest absolute Gasteiger partial charge is 0.280 e. The fraction of sp³-hybridized carbons (Fsp3) is 0.0588. The van der Waals surface area contributed by atoms with Crippen LogP contribution in [0.5, 0.6) is 0 Å². The Morgan fingerprint density at radius 1 is 1.00 bits per heavy atom. The zero-order chi connectivity index (χ0) is 14.2. The normalized spacial score (nSPS) is 10.9. The van der Waals surface area contributed by atoms with E-state index in [9.17, 15) is 4.79 Å². The van der Waals surface area contributed by atoms with E-state index in [1.54, 1.807) is 30.3 Å². The molecule has 3 heteroatoms. The molecule has 0 atom stereocenters. The molecule has 0 saturated carbocycles. The highest BCUT2D eigenvalue weighted by atomic mass is 16.5. The number of amides is 1. The number of rotatable bonds is 4. The lowest BCUT2D eigenvalue weighted by Gasteiger charge is -2.07. The molecule has 0 aromatic heterocycles. The van der Waals surface area contributed by atoms with Crippen LogP contribution in [0.4, 0.5) is 0 Å². The second kappa shape index (κ2) is 7.04. The third kappa shape index (κ3) is 3.65. The first kappa shape index (κ1) is 13.7. The van der Waals surface area contributed by atoms with Crippen LogP contribution in [-0.2, 0) is 4.74 Å². The quantitative estimate of drug-likeness (QED) is 0.482. The molecule has 0 spiro atoms. The van der Waals surface area contributed by atoms with Crippen LogP contribution in [0.15, 0.2) is 78.3 Å².